The van der Waals surface area contributed by atoms with Gasteiger partial charge in [0, 0.05) is 13.1 Å². The third kappa shape index (κ3) is 4.54. The summed E-state index contributed by atoms with van der Waals surface area (Å²) in [5, 5.41) is 0. The number of nitrogens with zero attached hydrogens (tertiary/aromatic N) is 1. The van der Waals surface area contributed by atoms with Crippen LogP contribution in [0.3, 0.4) is 0 Å². The molecule has 2 heterocycles. The van der Waals surface area contributed by atoms with E-state index >= 15 is 0 Å². The molecule has 0 aliphatic carbocycles. The molecule has 0 aromatic heterocycles. The average molecular weight is 418 g/mol. The standard InChI is InChI=1S/C22H27NO5S/c1-16-9-11-18(12-10-16)29(24,25)26-15-19-21-20(27-22(2,3)28-21)14-23(19)13-17-7-5-4-6-8-17/h4-12,19-21H,13-15H2,1-3H3/t19-,20-,21+/m1/s1. The molecule has 3 atom stereocenters. The van der Waals surface area contributed by atoms with Crippen molar-refractivity contribution >= 4 is 10.1 Å². The van der Waals surface area contributed by atoms with Crippen LogP contribution in [0.2, 0.25) is 0 Å². The average Bonchev–Trinajstić information content (AvgIpc) is 3.12. The van der Waals surface area contributed by atoms with Gasteiger partial charge in [-0.1, -0.05) is 48.0 Å². The summed E-state index contributed by atoms with van der Waals surface area (Å²) in [6.45, 7) is 7.04. The fourth-order valence-corrected chi connectivity index (χ4v) is 4.96. The van der Waals surface area contributed by atoms with Crippen LogP contribution >= 0.6 is 0 Å². The Hall–Kier alpha value is -1.77. The second-order valence-electron chi connectivity index (χ2n) is 8.17. The van der Waals surface area contributed by atoms with Gasteiger partial charge < -0.3 is 9.47 Å². The highest BCUT2D eigenvalue weighted by Crippen LogP contribution is 2.37. The lowest BCUT2D eigenvalue weighted by atomic mass is 10.1. The maximum Gasteiger partial charge on any atom is 0.297 e. The lowest BCUT2D eigenvalue weighted by molar-refractivity contribution is -0.163. The molecule has 2 aromatic rings. The number of benzene rings is 2. The summed E-state index contributed by atoms with van der Waals surface area (Å²) in [6, 6.07) is 16.5. The van der Waals surface area contributed by atoms with Crippen LogP contribution in [0.15, 0.2) is 59.5 Å². The molecule has 2 aliphatic heterocycles. The van der Waals surface area contributed by atoms with Crippen molar-refractivity contribution in [3.63, 3.8) is 0 Å². The minimum absolute atomic E-state index is 0.0175. The third-order valence-electron chi connectivity index (χ3n) is 5.42. The number of likely N-dealkylation sites (tertiary alicyclic amines) is 1. The quantitative estimate of drug-likeness (QED) is 0.673. The molecule has 29 heavy (non-hydrogen) atoms. The molecule has 0 bridgehead atoms. The van der Waals surface area contributed by atoms with E-state index in [1.54, 1.807) is 24.3 Å². The summed E-state index contributed by atoms with van der Waals surface area (Å²) in [5.74, 6) is -0.678. The van der Waals surface area contributed by atoms with Gasteiger partial charge in [-0.05, 0) is 38.5 Å². The van der Waals surface area contributed by atoms with Gasteiger partial charge in [0.2, 0.25) is 0 Å². The molecule has 6 nitrogen and oxygen atoms in total. The maximum absolute atomic E-state index is 12.7. The predicted molar refractivity (Wildman–Crippen MR) is 109 cm³/mol. The van der Waals surface area contributed by atoms with E-state index in [1.807, 2.05) is 39.0 Å². The summed E-state index contributed by atoms with van der Waals surface area (Å²) in [4.78, 5) is 2.35. The van der Waals surface area contributed by atoms with Crippen molar-refractivity contribution in [2.75, 3.05) is 13.2 Å². The maximum atomic E-state index is 12.7. The first-order valence-corrected chi connectivity index (χ1v) is 11.2. The molecule has 2 saturated heterocycles. The third-order valence-corrected chi connectivity index (χ3v) is 6.71. The Labute approximate surface area is 172 Å². The van der Waals surface area contributed by atoms with Crippen molar-refractivity contribution in [1.82, 2.24) is 4.90 Å². The Morgan fingerprint density at radius 3 is 2.45 bits per heavy atom. The first-order chi connectivity index (χ1) is 13.7. The van der Waals surface area contributed by atoms with Gasteiger partial charge in [0.15, 0.2) is 5.79 Å². The van der Waals surface area contributed by atoms with Crippen molar-refractivity contribution in [3.8, 4) is 0 Å². The number of ether oxygens (including phenoxy) is 2. The normalized spacial score (nSPS) is 26.5. The highest BCUT2D eigenvalue weighted by molar-refractivity contribution is 7.86. The van der Waals surface area contributed by atoms with Crippen LogP contribution in [0.4, 0.5) is 0 Å². The van der Waals surface area contributed by atoms with Gasteiger partial charge in [-0.25, -0.2) is 0 Å². The monoisotopic (exact) mass is 417 g/mol. The fraction of sp³-hybridized carbons (Fsp3) is 0.455. The van der Waals surface area contributed by atoms with Crippen LogP contribution in [0.5, 0.6) is 0 Å². The van der Waals surface area contributed by atoms with Crippen LogP contribution in [-0.4, -0.2) is 50.5 Å². The van der Waals surface area contributed by atoms with E-state index in [0.717, 1.165) is 11.1 Å². The van der Waals surface area contributed by atoms with Crippen LogP contribution in [-0.2, 0) is 30.3 Å². The Balaban J connectivity index is 1.51. The van der Waals surface area contributed by atoms with E-state index in [9.17, 15) is 8.42 Å². The molecule has 2 fully saturated rings. The largest absolute Gasteiger partial charge is 0.343 e. The van der Waals surface area contributed by atoms with E-state index in [0.29, 0.717) is 13.1 Å². The zero-order chi connectivity index (χ0) is 20.6. The lowest BCUT2D eigenvalue weighted by Gasteiger charge is -2.29. The summed E-state index contributed by atoms with van der Waals surface area (Å²) in [5.41, 5.74) is 2.15. The summed E-state index contributed by atoms with van der Waals surface area (Å²) in [7, 11) is -3.84. The topological polar surface area (TPSA) is 65.1 Å². The summed E-state index contributed by atoms with van der Waals surface area (Å²) >= 11 is 0. The first-order valence-electron chi connectivity index (χ1n) is 9.83. The smallest absolute Gasteiger partial charge is 0.297 e. The zero-order valence-corrected chi connectivity index (χ0v) is 17.8. The van der Waals surface area contributed by atoms with Crippen LogP contribution in [0, 0.1) is 6.92 Å². The van der Waals surface area contributed by atoms with Crippen molar-refractivity contribution in [2.24, 2.45) is 0 Å². The molecular weight excluding hydrogens is 390 g/mol. The zero-order valence-electron chi connectivity index (χ0n) is 16.9. The fourth-order valence-electron chi connectivity index (χ4n) is 4.04. The van der Waals surface area contributed by atoms with Crippen molar-refractivity contribution in [1.29, 1.82) is 0 Å². The minimum Gasteiger partial charge on any atom is -0.343 e. The minimum atomic E-state index is -3.84. The second kappa shape index (κ2) is 7.81. The van der Waals surface area contributed by atoms with E-state index in [2.05, 4.69) is 17.0 Å². The molecular formula is C22H27NO5S. The molecule has 0 amide bonds. The van der Waals surface area contributed by atoms with Crippen LogP contribution < -0.4 is 0 Å². The van der Waals surface area contributed by atoms with Gasteiger partial charge >= 0.3 is 0 Å². The molecule has 0 saturated carbocycles. The van der Waals surface area contributed by atoms with E-state index in [1.165, 1.54) is 0 Å². The summed E-state index contributed by atoms with van der Waals surface area (Å²) in [6.07, 6.45) is -0.341. The lowest BCUT2D eigenvalue weighted by Crippen LogP contribution is -2.42. The predicted octanol–water partition coefficient (Wildman–Crippen LogP) is 3.10. The Morgan fingerprint density at radius 2 is 1.76 bits per heavy atom. The molecule has 4 rings (SSSR count). The number of rotatable bonds is 6. The van der Waals surface area contributed by atoms with E-state index in [-0.39, 0.29) is 29.8 Å². The molecule has 2 aliphatic rings. The highest BCUT2D eigenvalue weighted by atomic mass is 32.2. The first kappa shape index (κ1) is 20.5. The van der Waals surface area contributed by atoms with E-state index < -0.39 is 15.9 Å². The molecule has 7 heteroatoms. The second-order valence-corrected chi connectivity index (χ2v) is 9.79. The summed E-state index contributed by atoms with van der Waals surface area (Å²) < 4.78 is 43.0. The molecule has 0 radical (unpaired) electrons. The van der Waals surface area contributed by atoms with Gasteiger partial charge in [-0.3, -0.25) is 9.08 Å². The molecule has 0 unspecified atom stereocenters. The Bertz CT molecular complexity index is 943. The number of fused-ring (bicyclic) bond motifs is 1. The molecule has 2 aromatic carbocycles. The van der Waals surface area contributed by atoms with Crippen LogP contribution in [0.25, 0.3) is 0 Å². The number of hydrogen-bond donors (Lipinski definition) is 0. The molecule has 0 spiro atoms. The van der Waals surface area contributed by atoms with Gasteiger partial charge in [-0.15, -0.1) is 0 Å². The van der Waals surface area contributed by atoms with Gasteiger partial charge in [0.05, 0.1) is 17.5 Å². The SMILES string of the molecule is Cc1ccc(S(=O)(=O)OC[C@@H]2[C@@H]3OC(C)(C)O[C@@H]3CN2Cc2ccccc2)cc1. The van der Waals surface area contributed by atoms with Gasteiger partial charge in [0.1, 0.15) is 12.2 Å². The van der Waals surface area contributed by atoms with Gasteiger partial charge in [-0.2, -0.15) is 8.42 Å². The van der Waals surface area contributed by atoms with Crippen LogP contribution in [0.1, 0.15) is 25.0 Å². The Kier molecular flexibility index (Phi) is 5.52. The number of aryl methyl sites for hydroxylation is 1. The van der Waals surface area contributed by atoms with Gasteiger partial charge in [0.25, 0.3) is 10.1 Å². The number of hydrogen-bond acceptors (Lipinski definition) is 6. The Morgan fingerprint density at radius 1 is 1.07 bits per heavy atom. The van der Waals surface area contributed by atoms with E-state index in [4.69, 9.17) is 13.7 Å². The van der Waals surface area contributed by atoms with Crippen molar-refractivity contribution in [2.45, 2.75) is 56.2 Å². The molecule has 156 valence electrons. The van der Waals surface area contributed by atoms with Crippen molar-refractivity contribution < 1.29 is 22.1 Å². The highest BCUT2D eigenvalue weighted by Gasteiger charge is 2.52. The van der Waals surface area contributed by atoms with Crippen molar-refractivity contribution in [3.05, 3.63) is 65.7 Å². The molecule has 0 N–H and O–H groups in total.